The molecule has 0 spiro atoms. The molecule has 2 heteroatoms. The molecule has 1 rings (SSSR count). The van der Waals surface area contributed by atoms with E-state index in [1.165, 1.54) is 56.2 Å². The van der Waals surface area contributed by atoms with E-state index < -0.39 is 0 Å². The molecule has 0 aromatic rings. The van der Waals surface area contributed by atoms with Crippen LogP contribution in [0.25, 0.3) is 0 Å². The van der Waals surface area contributed by atoms with Crippen molar-refractivity contribution in [2.75, 3.05) is 33.2 Å². The van der Waals surface area contributed by atoms with E-state index in [1.54, 1.807) is 0 Å². The van der Waals surface area contributed by atoms with Gasteiger partial charge in [-0.15, -0.1) is 0 Å². The van der Waals surface area contributed by atoms with Gasteiger partial charge in [-0.3, -0.25) is 0 Å². The van der Waals surface area contributed by atoms with Gasteiger partial charge < -0.3 is 9.80 Å². The van der Waals surface area contributed by atoms with Crippen molar-refractivity contribution in [3.63, 3.8) is 0 Å². The molecular weight excluding hydrogens is 208 g/mol. The zero-order valence-corrected chi connectivity index (χ0v) is 12.5. The zero-order valence-electron chi connectivity index (χ0n) is 12.5. The highest BCUT2D eigenvalue weighted by Gasteiger charge is 2.29. The van der Waals surface area contributed by atoms with Crippen LogP contribution in [0, 0.1) is 5.92 Å². The highest BCUT2D eigenvalue weighted by Crippen LogP contribution is 2.24. The summed E-state index contributed by atoms with van der Waals surface area (Å²) in [5.74, 6) is 0.914. The van der Waals surface area contributed by atoms with Crippen LogP contribution in [-0.4, -0.2) is 43.8 Å². The SMILES string of the molecule is CCNCC1CCCC[N+](C)(C(C)CC)CC1. The number of hydrogen-bond donors (Lipinski definition) is 1. The van der Waals surface area contributed by atoms with E-state index in [9.17, 15) is 0 Å². The Kier molecular flexibility index (Phi) is 6.50. The van der Waals surface area contributed by atoms with Gasteiger partial charge in [0.05, 0.1) is 26.2 Å². The number of rotatable bonds is 5. The summed E-state index contributed by atoms with van der Waals surface area (Å²) in [7, 11) is 2.48. The average molecular weight is 241 g/mol. The van der Waals surface area contributed by atoms with Gasteiger partial charge in [0, 0.05) is 6.42 Å². The van der Waals surface area contributed by atoms with Gasteiger partial charge in [0.2, 0.25) is 0 Å². The lowest BCUT2D eigenvalue weighted by molar-refractivity contribution is -0.933. The van der Waals surface area contributed by atoms with Crippen molar-refractivity contribution in [3.05, 3.63) is 0 Å². The molecular formula is C15H33N2+. The first-order valence-corrected chi connectivity index (χ1v) is 7.67. The van der Waals surface area contributed by atoms with Crippen LogP contribution in [0.2, 0.25) is 0 Å². The van der Waals surface area contributed by atoms with E-state index in [-0.39, 0.29) is 0 Å². The smallest absolute Gasteiger partial charge is 0.0857 e. The Morgan fingerprint density at radius 3 is 2.59 bits per heavy atom. The Bertz CT molecular complexity index is 203. The Balaban J connectivity index is 2.49. The Morgan fingerprint density at radius 1 is 1.18 bits per heavy atom. The molecule has 2 nitrogen and oxygen atoms in total. The second-order valence-electron chi connectivity index (χ2n) is 6.14. The highest BCUT2D eigenvalue weighted by molar-refractivity contribution is 4.66. The molecule has 0 bridgehead atoms. The minimum absolute atomic E-state index is 0.827. The summed E-state index contributed by atoms with van der Waals surface area (Å²) >= 11 is 0. The van der Waals surface area contributed by atoms with Crippen molar-refractivity contribution >= 4 is 0 Å². The molecule has 17 heavy (non-hydrogen) atoms. The van der Waals surface area contributed by atoms with Crippen LogP contribution in [0.1, 0.15) is 52.9 Å². The fraction of sp³-hybridized carbons (Fsp3) is 1.00. The van der Waals surface area contributed by atoms with E-state index in [0.29, 0.717) is 0 Å². The van der Waals surface area contributed by atoms with Crippen LogP contribution in [0.5, 0.6) is 0 Å². The van der Waals surface area contributed by atoms with Gasteiger partial charge in [-0.25, -0.2) is 0 Å². The summed E-state index contributed by atoms with van der Waals surface area (Å²) in [4.78, 5) is 0. The molecule has 3 unspecified atom stereocenters. The van der Waals surface area contributed by atoms with Gasteiger partial charge in [-0.2, -0.15) is 0 Å². The van der Waals surface area contributed by atoms with Crippen molar-refractivity contribution in [2.45, 2.75) is 58.9 Å². The molecule has 1 aliphatic heterocycles. The molecule has 0 amide bonds. The van der Waals surface area contributed by atoms with Crippen LogP contribution < -0.4 is 5.32 Å². The largest absolute Gasteiger partial charge is 0.324 e. The predicted octanol–water partition coefficient (Wildman–Crippen LogP) is 3.03. The fourth-order valence-electron chi connectivity index (χ4n) is 3.07. The van der Waals surface area contributed by atoms with E-state index in [1.807, 2.05) is 0 Å². The molecule has 1 N–H and O–H groups in total. The van der Waals surface area contributed by atoms with Crippen LogP contribution >= 0.6 is 0 Å². The molecule has 0 radical (unpaired) electrons. The number of nitrogens with zero attached hydrogens (tertiary/aromatic N) is 1. The Labute approximate surface area is 108 Å². The molecule has 3 atom stereocenters. The maximum Gasteiger partial charge on any atom is 0.0857 e. The molecule has 0 aromatic heterocycles. The van der Waals surface area contributed by atoms with Gasteiger partial charge >= 0.3 is 0 Å². The Hall–Kier alpha value is -0.0800. The fourth-order valence-corrected chi connectivity index (χ4v) is 3.07. The number of likely N-dealkylation sites (tertiary alicyclic amines) is 1. The Morgan fingerprint density at radius 2 is 1.94 bits per heavy atom. The third kappa shape index (κ3) is 4.59. The van der Waals surface area contributed by atoms with Crippen molar-refractivity contribution in [2.24, 2.45) is 5.92 Å². The molecule has 1 aliphatic rings. The van der Waals surface area contributed by atoms with E-state index in [2.05, 4.69) is 33.1 Å². The minimum atomic E-state index is 0.827. The zero-order chi connectivity index (χ0) is 12.7. The van der Waals surface area contributed by atoms with Gasteiger partial charge in [-0.1, -0.05) is 13.8 Å². The summed E-state index contributed by atoms with van der Waals surface area (Å²) in [6.07, 6.45) is 7.01. The van der Waals surface area contributed by atoms with Crippen molar-refractivity contribution in [3.8, 4) is 0 Å². The highest BCUT2D eigenvalue weighted by atomic mass is 15.3. The summed E-state index contributed by atoms with van der Waals surface area (Å²) in [6, 6.07) is 0.827. The summed E-state index contributed by atoms with van der Waals surface area (Å²) in [6.45, 7) is 12.1. The lowest BCUT2D eigenvalue weighted by Crippen LogP contribution is -2.53. The molecule has 1 heterocycles. The van der Waals surface area contributed by atoms with Gasteiger partial charge in [0.1, 0.15) is 0 Å². The minimum Gasteiger partial charge on any atom is -0.324 e. The monoisotopic (exact) mass is 241 g/mol. The van der Waals surface area contributed by atoms with Crippen molar-refractivity contribution in [1.29, 1.82) is 0 Å². The number of hydrogen-bond acceptors (Lipinski definition) is 1. The van der Waals surface area contributed by atoms with E-state index in [4.69, 9.17) is 0 Å². The lowest BCUT2D eigenvalue weighted by Gasteiger charge is -2.42. The number of quaternary nitrogens is 1. The molecule has 1 saturated heterocycles. The molecule has 0 saturated carbocycles. The second-order valence-corrected chi connectivity index (χ2v) is 6.14. The lowest BCUT2D eigenvalue weighted by atomic mass is 9.94. The van der Waals surface area contributed by atoms with Gasteiger partial charge in [0.25, 0.3) is 0 Å². The van der Waals surface area contributed by atoms with E-state index in [0.717, 1.165) is 18.5 Å². The van der Waals surface area contributed by atoms with Crippen molar-refractivity contribution < 1.29 is 4.48 Å². The van der Waals surface area contributed by atoms with Gasteiger partial charge in [0.15, 0.2) is 0 Å². The quantitative estimate of drug-likeness (QED) is 0.730. The summed E-state index contributed by atoms with van der Waals surface area (Å²) < 4.78 is 1.30. The normalized spacial score (nSPS) is 32.8. The molecule has 0 aromatic carbocycles. The summed E-state index contributed by atoms with van der Waals surface area (Å²) in [5, 5.41) is 3.53. The first kappa shape index (κ1) is 15.0. The average Bonchev–Trinajstić information content (AvgIpc) is 2.33. The topological polar surface area (TPSA) is 12.0 Å². The first-order valence-electron chi connectivity index (χ1n) is 7.67. The summed E-state index contributed by atoms with van der Waals surface area (Å²) in [5.41, 5.74) is 0. The predicted molar refractivity (Wildman–Crippen MR) is 76.2 cm³/mol. The second kappa shape index (κ2) is 7.38. The van der Waals surface area contributed by atoms with Crippen LogP contribution in [0.15, 0.2) is 0 Å². The van der Waals surface area contributed by atoms with Crippen molar-refractivity contribution in [1.82, 2.24) is 5.32 Å². The van der Waals surface area contributed by atoms with E-state index >= 15 is 0 Å². The molecule has 0 aliphatic carbocycles. The molecule has 1 fully saturated rings. The maximum absolute atomic E-state index is 3.53. The first-order chi connectivity index (χ1) is 8.12. The van der Waals surface area contributed by atoms with Gasteiger partial charge in [-0.05, 0) is 51.6 Å². The molecule has 102 valence electrons. The third-order valence-electron chi connectivity index (χ3n) is 4.92. The standard InChI is InChI=1S/C15H33N2/c1-5-14(3)17(4)11-8-7-9-15(10-12-17)13-16-6-2/h14-16H,5-13H2,1-4H3/q+1. The third-order valence-corrected chi connectivity index (χ3v) is 4.92. The maximum atomic E-state index is 3.53. The number of nitrogens with one attached hydrogen (secondary N) is 1. The van der Waals surface area contributed by atoms with Crippen LogP contribution in [0.3, 0.4) is 0 Å². The van der Waals surface area contributed by atoms with Crippen LogP contribution in [-0.2, 0) is 0 Å². The van der Waals surface area contributed by atoms with Crippen LogP contribution in [0.4, 0.5) is 0 Å².